The molecule has 9 heteroatoms. The van der Waals surface area contributed by atoms with Crippen LogP contribution in [0.25, 0.3) is 10.8 Å². The number of thiazole rings is 1. The number of alkyl halides is 3. The molecule has 19 heavy (non-hydrogen) atoms. The SMILES string of the molecule is O=C(NOCC(F)(F)F)c1csc(-c2ccco2)n1. The van der Waals surface area contributed by atoms with Crippen LogP contribution < -0.4 is 5.48 Å². The van der Waals surface area contributed by atoms with Gasteiger partial charge in [-0.15, -0.1) is 11.3 Å². The number of carbonyl (C=O) groups excluding carboxylic acids is 1. The molecule has 0 bridgehead atoms. The fourth-order valence-electron chi connectivity index (χ4n) is 1.13. The Morgan fingerprint density at radius 1 is 1.53 bits per heavy atom. The third kappa shape index (κ3) is 3.80. The van der Waals surface area contributed by atoms with Gasteiger partial charge in [-0.1, -0.05) is 0 Å². The number of amides is 1. The summed E-state index contributed by atoms with van der Waals surface area (Å²) in [4.78, 5) is 19.4. The van der Waals surface area contributed by atoms with Crippen LogP contribution in [0.1, 0.15) is 10.5 Å². The highest BCUT2D eigenvalue weighted by Crippen LogP contribution is 2.23. The lowest BCUT2D eigenvalue weighted by molar-refractivity contribution is -0.184. The van der Waals surface area contributed by atoms with E-state index in [0.29, 0.717) is 10.8 Å². The maximum absolute atomic E-state index is 11.8. The molecular weight excluding hydrogens is 285 g/mol. The van der Waals surface area contributed by atoms with Gasteiger partial charge in [0.15, 0.2) is 17.4 Å². The Labute approximate surface area is 109 Å². The normalized spacial score (nSPS) is 11.5. The van der Waals surface area contributed by atoms with Crippen LogP contribution in [-0.4, -0.2) is 23.7 Å². The minimum Gasteiger partial charge on any atom is -0.462 e. The van der Waals surface area contributed by atoms with Crippen LogP contribution in [0.15, 0.2) is 28.2 Å². The van der Waals surface area contributed by atoms with Crippen molar-refractivity contribution in [1.82, 2.24) is 10.5 Å². The van der Waals surface area contributed by atoms with Crippen molar-refractivity contribution in [2.24, 2.45) is 0 Å². The number of carbonyl (C=O) groups is 1. The first-order chi connectivity index (χ1) is 8.96. The van der Waals surface area contributed by atoms with E-state index in [1.54, 1.807) is 17.6 Å². The van der Waals surface area contributed by atoms with Crippen molar-refractivity contribution in [2.75, 3.05) is 6.61 Å². The van der Waals surface area contributed by atoms with Crippen LogP contribution in [0.3, 0.4) is 0 Å². The summed E-state index contributed by atoms with van der Waals surface area (Å²) in [6.07, 6.45) is -3.06. The summed E-state index contributed by atoms with van der Waals surface area (Å²) in [7, 11) is 0. The van der Waals surface area contributed by atoms with E-state index in [2.05, 4.69) is 9.82 Å². The quantitative estimate of drug-likeness (QED) is 0.880. The second-order valence-electron chi connectivity index (χ2n) is 3.35. The Morgan fingerprint density at radius 2 is 2.32 bits per heavy atom. The molecule has 0 saturated heterocycles. The monoisotopic (exact) mass is 292 g/mol. The second kappa shape index (κ2) is 5.41. The van der Waals surface area contributed by atoms with Crippen LogP contribution in [0.2, 0.25) is 0 Å². The summed E-state index contributed by atoms with van der Waals surface area (Å²) in [5, 5.41) is 1.84. The van der Waals surface area contributed by atoms with Crippen LogP contribution in [0.4, 0.5) is 13.2 Å². The maximum Gasteiger partial charge on any atom is 0.414 e. The number of furan rings is 1. The van der Waals surface area contributed by atoms with E-state index in [0.717, 1.165) is 11.3 Å². The first-order valence-electron chi connectivity index (χ1n) is 4.94. The van der Waals surface area contributed by atoms with Crippen LogP contribution in [-0.2, 0) is 4.84 Å². The predicted molar refractivity (Wildman–Crippen MR) is 59.3 cm³/mol. The fourth-order valence-corrected chi connectivity index (χ4v) is 1.89. The highest BCUT2D eigenvalue weighted by atomic mass is 32.1. The highest BCUT2D eigenvalue weighted by Gasteiger charge is 2.28. The molecule has 5 nitrogen and oxygen atoms in total. The molecule has 0 aromatic carbocycles. The van der Waals surface area contributed by atoms with E-state index in [-0.39, 0.29) is 5.69 Å². The van der Waals surface area contributed by atoms with Gasteiger partial charge in [-0.05, 0) is 12.1 Å². The Bertz CT molecular complexity index is 551. The minimum absolute atomic E-state index is 0.0430. The summed E-state index contributed by atoms with van der Waals surface area (Å²) in [6, 6.07) is 3.31. The summed E-state index contributed by atoms with van der Waals surface area (Å²) >= 11 is 1.13. The zero-order valence-electron chi connectivity index (χ0n) is 9.23. The minimum atomic E-state index is -4.51. The molecule has 0 atom stereocenters. The molecule has 2 rings (SSSR count). The van der Waals surface area contributed by atoms with Gasteiger partial charge >= 0.3 is 6.18 Å². The Kier molecular flexibility index (Phi) is 3.86. The van der Waals surface area contributed by atoms with Crippen molar-refractivity contribution in [3.63, 3.8) is 0 Å². The molecule has 0 spiro atoms. The van der Waals surface area contributed by atoms with Crippen molar-refractivity contribution < 1.29 is 27.2 Å². The van der Waals surface area contributed by atoms with E-state index < -0.39 is 18.7 Å². The molecule has 1 N–H and O–H groups in total. The average Bonchev–Trinajstić information content (AvgIpc) is 2.98. The molecule has 0 unspecified atom stereocenters. The zero-order valence-corrected chi connectivity index (χ0v) is 10.0. The number of nitrogens with zero attached hydrogens (tertiary/aromatic N) is 1. The summed E-state index contributed by atoms with van der Waals surface area (Å²) in [5.41, 5.74) is 1.63. The van der Waals surface area contributed by atoms with Crippen molar-refractivity contribution >= 4 is 17.2 Å². The molecular formula is C10H7F3N2O3S. The molecule has 2 heterocycles. The van der Waals surface area contributed by atoms with Crippen molar-refractivity contribution in [1.29, 1.82) is 0 Å². The predicted octanol–water partition coefficient (Wildman–Crippen LogP) is 2.63. The number of hydrogen-bond acceptors (Lipinski definition) is 5. The molecule has 0 fully saturated rings. The molecule has 2 aromatic heterocycles. The van der Waals surface area contributed by atoms with Crippen molar-refractivity contribution in [3.8, 4) is 10.8 Å². The number of aromatic nitrogens is 1. The number of halogens is 3. The Morgan fingerprint density at radius 3 is 2.95 bits per heavy atom. The standard InChI is InChI=1S/C10H7F3N2O3S/c11-10(12,13)5-18-15-8(16)6-4-19-9(14-6)7-2-1-3-17-7/h1-4H,5H2,(H,15,16). The van der Waals surface area contributed by atoms with Crippen LogP contribution in [0.5, 0.6) is 0 Å². The van der Waals surface area contributed by atoms with Gasteiger partial charge in [0, 0.05) is 5.38 Å². The number of hydroxylamine groups is 1. The largest absolute Gasteiger partial charge is 0.462 e. The number of nitrogens with one attached hydrogen (secondary N) is 1. The van der Waals surface area contributed by atoms with Gasteiger partial charge in [0.1, 0.15) is 5.69 Å². The van der Waals surface area contributed by atoms with Gasteiger partial charge in [0.25, 0.3) is 5.91 Å². The number of hydrogen-bond donors (Lipinski definition) is 1. The lowest BCUT2D eigenvalue weighted by Crippen LogP contribution is -2.29. The summed E-state index contributed by atoms with van der Waals surface area (Å²) in [5.74, 6) is -0.376. The molecule has 0 aliphatic rings. The van der Waals surface area contributed by atoms with Crippen LogP contribution >= 0.6 is 11.3 Å². The van der Waals surface area contributed by atoms with Crippen LogP contribution in [0, 0.1) is 0 Å². The lowest BCUT2D eigenvalue weighted by atomic mass is 10.4. The van der Waals surface area contributed by atoms with Gasteiger partial charge in [-0.25, -0.2) is 10.5 Å². The average molecular weight is 292 g/mol. The summed E-state index contributed by atoms with van der Waals surface area (Å²) in [6.45, 7) is -1.56. The van der Waals surface area contributed by atoms with E-state index >= 15 is 0 Å². The van der Waals surface area contributed by atoms with E-state index in [1.807, 2.05) is 0 Å². The zero-order chi connectivity index (χ0) is 13.9. The van der Waals surface area contributed by atoms with Gasteiger partial charge < -0.3 is 4.42 Å². The Hall–Kier alpha value is -1.87. The van der Waals surface area contributed by atoms with Gasteiger partial charge in [0.2, 0.25) is 0 Å². The van der Waals surface area contributed by atoms with E-state index in [1.165, 1.54) is 11.6 Å². The molecule has 1 amide bonds. The topological polar surface area (TPSA) is 64.4 Å². The first-order valence-corrected chi connectivity index (χ1v) is 5.82. The summed E-state index contributed by atoms with van der Waals surface area (Å²) < 4.78 is 40.5. The first kappa shape index (κ1) is 13.6. The van der Waals surface area contributed by atoms with Gasteiger partial charge in [-0.2, -0.15) is 13.2 Å². The van der Waals surface area contributed by atoms with Crippen molar-refractivity contribution in [3.05, 3.63) is 29.5 Å². The lowest BCUT2D eigenvalue weighted by Gasteiger charge is -2.06. The second-order valence-corrected chi connectivity index (χ2v) is 4.21. The molecule has 2 aromatic rings. The Balaban J connectivity index is 1.93. The van der Waals surface area contributed by atoms with E-state index in [9.17, 15) is 18.0 Å². The number of rotatable bonds is 4. The smallest absolute Gasteiger partial charge is 0.414 e. The fraction of sp³-hybridized carbons (Fsp3) is 0.200. The molecule has 0 radical (unpaired) electrons. The maximum atomic E-state index is 11.8. The molecule has 0 aliphatic carbocycles. The van der Waals surface area contributed by atoms with E-state index in [4.69, 9.17) is 4.42 Å². The van der Waals surface area contributed by atoms with Gasteiger partial charge in [0.05, 0.1) is 6.26 Å². The van der Waals surface area contributed by atoms with Crippen molar-refractivity contribution in [2.45, 2.75) is 6.18 Å². The third-order valence-corrected chi connectivity index (χ3v) is 2.73. The third-order valence-electron chi connectivity index (χ3n) is 1.87. The molecule has 102 valence electrons. The van der Waals surface area contributed by atoms with Gasteiger partial charge in [-0.3, -0.25) is 9.63 Å². The molecule has 0 aliphatic heterocycles. The highest BCUT2D eigenvalue weighted by molar-refractivity contribution is 7.13. The molecule has 0 saturated carbocycles.